The van der Waals surface area contributed by atoms with Gasteiger partial charge in [0.25, 0.3) is 0 Å². The zero-order valence-corrected chi connectivity index (χ0v) is 18.4. The lowest BCUT2D eigenvalue weighted by atomic mass is 10.1. The van der Waals surface area contributed by atoms with Crippen LogP contribution in [0, 0.1) is 0 Å². The van der Waals surface area contributed by atoms with Crippen LogP contribution in [0.3, 0.4) is 0 Å². The Morgan fingerprint density at radius 2 is 1.73 bits per heavy atom. The molecular formula is C20H32N4O5S. The number of morpholine rings is 1. The number of hydrogen-bond acceptors (Lipinski definition) is 8. The topological polar surface area (TPSA) is 95.3 Å². The summed E-state index contributed by atoms with van der Waals surface area (Å²) in [6.45, 7) is 7.43. The fourth-order valence-electron chi connectivity index (χ4n) is 4.67. The molecule has 0 spiro atoms. The van der Waals surface area contributed by atoms with E-state index in [-0.39, 0.29) is 23.0 Å². The van der Waals surface area contributed by atoms with Gasteiger partial charge in [-0.3, -0.25) is 19.5 Å². The van der Waals surface area contributed by atoms with E-state index >= 15 is 0 Å². The molecule has 30 heavy (non-hydrogen) atoms. The highest BCUT2D eigenvalue weighted by Crippen LogP contribution is 2.22. The Morgan fingerprint density at radius 1 is 1.07 bits per heavy atom. The van der Waals surface area contributed by atoms with Gasteiger partial charge in [-0.15, -0.1) is 0 Å². The zero-order chi connectivity index (χ0) is 21.3. The number of aromatic hydroxyl groups is 1. The van der Waals surface area contributed by atoms with Crippen molar-refractivity contribution in [2.24, 2.45) is 7.05 Å². The van der Waals surface area contributed by atoms with Crippen LogP contribution in [0.1, 0.15) is 17.8 Å². The van der Waals surface area contributed by atoms with Crippen molar-refractivity contribution >= 4 is 9.84 Å². The summed E-state index contributed by atoms with van der Waals surface area (Å²) in [4.78, 5) is 19.2. The number of piperazine rings is 1. The molecule has 1 aromatic rings. The summed E-state index contributed by atoms with van der Waals surface area (Å²) in [5.74, 6) is 0.392. The third-order valence-electron chi connectivity index (χ3n) is 6.63. The van der Waals surface area contributed by atoms with Gasteiger partial charge in [-0.2, -0.15) is 0 Å². The predicted molar refractivity (Wildman–Crippen MR) is 113 cm³/mol. The van der Waals surface area contributed by atoms with Crippen molar-refractivity contribution in [3.8, 4) is 5.75 Å². The second kappa shape index (κ2) is 8.96. The highest BCUT2D eigenvalue weighted by atomic mass is 32.2. The first-order chi connectivity index (χ1) is 14.3. The highest BCUT2D eigenvalue weighted by molar-refractivity contribution is 7.91. The predicted octanol–water partition coefficient (Wildman–Crippen LogP) is -0.772. The minimum atomic E-state index is -2.88. The minimum Gasteiger partial charge on any atom is -0.503 e. The Hall–Kier alpha value is -1.46. The van der Waals surface area contributed by atoms with Crippen molar-refractivity contribution < 1.29 is 18.3 Å². The van der Waals surface area contributed by atoms with Gasteiger partial charge < -0.3 is 14.4 Å². The maximum absolute atomic E-state index is 12.4. The number of rotatable bonds is 5. The minimum absolute atomic E-state index is 0.131. The van der Waals surface area contributed by atoms with Crippen molar-refractivity contribution in [2.45, 2.75) is 25.6 Å². The molecule has 0 bridgehead atoms. The second-order valence-corrected chi connectivity index (χ2v) is 10.8. The number of pyridine rings is 1. The summed E-state index contributed by atoms with van der Waals surface area (Å²) in [5.41, 5.74) is 1.20. The van der Waals surface area contributed by atoms with E-state index in [1.54, 1.807) is 0 Å². The Labute approximate surface area is 177 Å². The van der Waals surface area contributed by atoms with E-state index in [9.17, 15) is 18.3 Å². The number of sulfone groups is 1. The van der Waals surface area contributed by atoms with Gasteiger partial charge in [0.15, 0.2) is 15.6 Å². The van der Waals surface area contributed by atoms with Gasteiger partial charge in [-0.1, -0.05) is 0 Å². The third kappa shape index (κ3) is 4.88. The van der Waals surface area contributed by atoms with Gasteiger partial charge in [0.1, 0.15) is 0 Å². The van der Waals surface area contributed by atoms with Crippen LogP contribution < -0.4 is 5.43 Å². The number of aromatic nitrogens is 1. The monoisotopic (exact) mass is 440 g/mol. The van der Waals surface area contributed by atoms with Gasteiger partial charge in [0, 0.05) is 77.2 Å². The summed E-state index contributed by atoms with van der Waals surface area (Å²) >= 11 is 0. The van der Waals surface area contributed by atoms with Gasteiger partial charge in [0.2, 0.25) is 5.43 Å². The van der Waals surface area contributed by atoms with Crippen molar-refractivity contribution in [1.82, 2.24) is 19.3 Å². The summed E-state index contributed by atoms with van der Waals surface area (Å²) in [6.07, 6.45) is 0.723. The van der Waals surface area contributed by atoms with Crippen molar-refractivity contribution in [3.63, 3.8) is 0 Å². The molecule has 9 nitrogen and oxygen atoms in total. The smallest absolute Gasteiger partial charge is 0.223 e. The lowest BCUT2D eigenvalue weighted by Gasteiger charge is -2.38. The molecule has 4 rings (SSSR count). The maximum Gasteiger partial charge on any atom is 0.223 e. The molecular weight excluding hydrogens is 408 g/mol. The van der Waals surface area contributed by atoms with Gasteiger partial charge >= 0.3 is 0 Å². The van der Waals surface area contributed by atoms with Crippen LogP contribution in [0.2, 0.25) is 0 Å². The maximum atomic E-state index is 12.4. The zero-order valence-electron chi connectivity index (χ0n) is 17.6. The molecule has 3 saturated heterocycles. The first-order valence-electron chi connectivity index (χ1n) is 10.7. The molecule has 0 saturated carbocycles. The highest BCUT2D eigenvalue weighted by Gasteiger charge is 2.33. The van der Waals surface area contributed by atoms with Gasteiger partial charge in [0.05, 0.1) is 30.4 Å². The molecule has 1 atom stereocenters. The molecule has 4 heterocycles. The van der Waals surface area contributed by atoms with Crippen LogP contribution >= 0.6 is 0 Å². The first-order valence-corrected chi connectivity index (χ1v) is 12.5. The first kappa shape index (κ1) is 21.8. The van der Waals surface area contributed by atoms with Gasteiger partial charge in [-0.05, 0) is 6.42 Å². The largest absolute Gasteiger partial charge is 0.503 e. The molecule has 3 aliphatic rings. The van der Waals surface area contributed by atoms with Crippen molar-refractivity contribution in [1.29, 1.82) is 0 Å². The fraction of sp³-hybridized carbons (Fsp3) is 0.750. The molecule has 168 valence electrons. The van der Waals surface area contributed by atoms with Crippen molar-refractivity contribution in [2.75, 3.05) is 64.0 Å². The standard InChI is InChI=1S/C20H32N4O5S/c1-21-17(13-23-7-9-29-10-8-23)12-19(25)20(26)18(21)14-22-3-5-24(6-4-22)16-2-11-30(27,28)15-16/h12,16,26H,2-11,13-15H2,1H3. The molecule has 1 N–H and O–H groups in total. The molecule has 10 heteroatoms. The molecule has 1 aromatic heterocycles. The Morgan fingerprint density at radius 3 is 2.37 bits per heavy atom. The lowest BCUT2D eigenvalue weighted by Crippen LogP contribution is -2.50. The van der Waals surface area contributed by atoms with Crippen LogP contribution in [0.5, 0.6) is 5.75 Å². The molecule has 3 aliphatic heterocycles. The lowest BCUT2D eigenvalue weighted by molar-refractivity contribution is 0.0330. The fourth-order valence-corrected chi connectivity index (χ4v) is 6.44. The Kier molecular flexibility index (Phi) is 6.50. The third-order valence-corrected chi connectivity index (χ3v) is 8.38. The Bertz CT molecular complexity index is 918. The molecule has 0 radical (unpaired) electrons. The van der Waals surface area contributed by atoms with E-state index in [2.05, 4.69) is 14.7 Å². The van der Waals surface area contributed by atoms with E-state index in [1.807, 2.05) is 11.6 Å². The summed E-state index contributed by atoms with van der Waals surface area (Å²) in [5, 5.41) is 10.5. The summed E-state index contributed by atoms with van der Waals surface area (Å²) in [6, 6.07) is 1.67. The number of ether oxygens (including phenoxy) is 1. The van der Waals surface area contributed by atoms with E-state index in [0.717, 1.165) is 51.4 Å². The quantitative estimate of drug-likeness (QED) is 0.638. The second-order valence-electron chi connectivity index (χ2n) is 8.61. The average molecular weight is 441 g/mol. The van der Waals surface area contributed by atoms with Crippen LogP contribution in [0.15, 0.2) is 10.9 Å². The summed E-state index contributed by atoms with van der Waals surface area (Å²) in [7, 11) is -0.972. The SMILES string of the molecule is Cn1c(CN2CCOCC2)cc(=O)c(O)c1CN1CCN(C2CCS(=O)(=O)C2)CC1. The van der Waals surface area contributed by atoms with Crippen LogP contribution in [-0.4, -0.2) is 103 Å². The van der Waals surface area contributed by atoms with E-state index < -0.39 is 9.84 Å². The molecule has 0 amide bonds. The summed E-state index contributed by atoms with van der Waals surface area (Å²) < 4.78 is 30.9. The van der Waals surface area contributed by atoms with E-state index in [4.69, 9.17) is 4.74 Å². The van der Waals surface area contributed by atoms with Crippen molar-refractivity contribution in [3.05, 3.63) is 27.7 Å². The number of hydrogen-bond donors (Lipinski definition) is 1. The number of nitrogens with zero attached hydrogens (tertiary/aromatic N) is 4. The van der Waals surface area contributed by atoms with Crippen LogP contribution in [-0.2, 0) is 34.7 Å². The molecule has 0 aromatic carbocycles. The van der Waals surface area contributed by atoms with E-state index in [1.165, 1.54) is 6.07 Å². The molecule has 1 unspecified atom stereocenters. The van der Waals surface area contributed by atoms with Crippen LogP contribution in [0.4, 0.5) is 0 Å². The van der Waals surface area contributed by atoms with Crippen LogP contribution in [0.25, 0.3) is 0 Å². The van der Waals surface area contributed by atoms with E-state index in [0.29, 0.717) is 37.8 Å². The van der Waals surface area contributed by atoms with Gasteiger partial charge in [-0.25, -0.2) is 8.42 Å². The normalized spacial score (nSPS) is 26.2. The average Bonchev–Trinajstić information content (AvgIpc) is 3.10. The molecule has 3 fully saturated rings. The molecule has 0 aliphatic carbocycles. The Balaban J connectivity index is 1.41.